The largest absolute Gasteiger partial charge is 0.488 e. The van der Waals surface area contributed by atoms with Crippen LogP contribution in [0, 0.1) is 0 Å². The predicted octanol–water partition coefficient (Wildman–Crippen LogP) is 3.50. The Morgan fingerprint density at radius 3 is 2.87 bits per heavy atom. The van der Waals surface area contributed by atoms with Gasteiger partial charge >= 0.3 is 0 Å². The minimum atomic E-state index is -0.455. The Bertz CT molecular complexity index is 699. The van der Waals surface area contributed by atoms with Gasteiger partial charge in [0.1, 0.15) is 23.1 Å². The number of halogens is 1. The van der Waals surface area contributed by atoms with Gasteiger partial charge in [0.15, 0.2) is 0 Å². The van der Waals surface area contributed by atoms with E-state index in [9.17, 15) is 0 Å². The highest BCUT2D eigenvalue weighted by Gasteiger charge is 2.44. The van der Waals surface area contributed by atoms with Gasteiger partial charge in [-0.25, -0.2) is 4.98 Å². The fourth-order valence-corrected chi connectivity index (χ4v) is 3.45. The number of hydrogen-bond acceptors (Lipinski definition) is 4. The Morgan fingerprint density at radius 2 is 2.09 bits per heavy atom. The Hall–Kier alpha value is -1.62. The van der Waals surface area contributed by atoms with Crippen LogP contribution < -0.4 is 4.74 Å². The highest BCUT2D eigenvalue weighted by molar-refractivity contribution is 6.29. The van der Waals surface area contributed by atoms with Crippen molar-refractivity contribution >= 4 is 11.6 Å². The molecule has 3 heterocycles. The summed E-state index contributed by atoms with van der Waals surface area (Å²) >= 11 is 6.24. The highest BCUT2D eigenvalue weighted by atomic mass is 35.5. The van der Waals surface area contributed by atoms with E-state index < -0.39 is 5.60 Å². The Morgan fingerprint density at radius 1 is 1.22 bits per heavy atom. The van der Waals surface area contributed by atoms with Gasteiger partial charge in [-0.3, -0.25) is 0 Å². The molecule has 0 aliphatic carbocycles. The number of pyridine rings is 1. The normalized spacial score (nSPS) is 23.0. The highest BCUT2D eigenvalue weighted by Crippen LogP contribution is 2.42. The smallest absolute Gasteiger partial charge is 0.136 e. The molecule has 1 atom stereocenters. The number of fused-ring (bicyclic) bond motifs is 2. The van der Waals surface area contributed by atoms with Crippen molar-refractivity contribution in [3.8, 4) is 5.75 Å². The van der Waals surface area contributed by atoms with Crippen molar-refractivity contribution in [3.05, 3.63) is 58.4 Å². The lowest BCUT2D eigenvalue weighted by Crippen LogP contribution is -2.37. The summed E-state index contributed by atoms with van der Waals surface area (Å²) in [6.45, 7) is 2.39. The number of rotatable bonds is 3. The van der Waals surface area contributed by atoms with Crippen LogP contribution in [0.5, 0.6) is 5.75 Å². The van der Waals surface area contributed by atoms with Crippen molar-refractivity contribution in [1.82, 2.24) is 4.98 Å². The van der Waals surface area contributed by atoms with Gasteiger partial charge in [-0.15, -0.1) is 0 Å². The minimum Gasteiger partial charge on any atom is -0.488 e. The molecular weight excluding hydrogens is 314 g/mol. The maximum atomic E-state index is 6.24. The number of nitrogens with zero attached hydrogens (tertiary/aromatic N) is 1. The van der Waals surface area contributed by atoms with Crippen molar-refractivity contribution in [2.75, 3.05) is 19.8 Å². The average molecular weight is 332 g/mol. The lowest BCUT2D eigenvalue weighted by atomic mass is 9.90. The molecule has 4 nitrogen and oxygen atoms in total. The Labute approximate surface area is 140 Å². The predicted molar refractivity (Wildman–Crippen MR) is 86.8 cm³/mol. The van der Waals surface area contributed by atoms with E-state index >= 15 is 0 Å². The quantitative estimate of drug-likeness (QED) is 0.807. The summed E-state index contributed by atoms with van der Waals surface area (Å²) in [5, 5.41) is 0.434. The van der Waals surface area contributed by atoms with Gasteiger partial charge in [0.2, 0.25) is 0 Å². The third-order valence-electron chi connectivity index (χ3n) is 4.44. The lowest BCUT2D eigenvalue weighted by Gasteiger charge is -2.34. The van der Waals surface area contributed by atoms with Crippen LogP contribution in [-0.4, -0.2) is 24.8 Å². The molecule has 1 spiro atoms. The van der Waals surface area contributed by atoms with Gasteiger partial charge in [-0.1, -0.05) is 41.9 Å². The second-order valence-corrected chi connectivity index (χ2v) is 6.33. The van der Waals surface area contributed by atoms with E-state index in [1.807, 2.05) is 30.3 Å². The molecular formula is C18H18ClNO3. The number of ether oxygens (including phenoxy) is 3. The molecule has 4 rings (SSSR count). The van der Waals surface area contributed by atoms with E-state index in [0.717, 1.165) is 35.4 Å². The lowest BCUT2D eigenvalue weighted by molar-refractivity contribution is -0.0670. The molecule has 2 aliphatic heterocycles. The van der Waals surface area contributed by atoms with Crippen LogP contribution in [0.1, 0.15) is 23.2 Å². The molecule has 1 saturated heterocycles. The van der Waals surface area contributed by atoms with Crippen LogP contribution in [0.15, 0.2) is 36.4 Å². The molecule has 0 bridgehead atoms. The first kappa shape index (κ1) is 14.9. The first-order valence-corrected chi connectivity index (χ1v) is 8.23. The maximum Gasteiger partial charge on any atom is 0.136 e. The molecule has 5 heteroatoms. The van der Waals surface area contributed by atoms with E-state index in [-0.39, 0.29) is 0 Å². The van der Waals surface area contributed by atoms with Crippen molar-refractivity contribution in [2.24, 2.45) is 0 Å². The van der Waals surface area contributed by atoms with Crippen LogP contribution in [0.2, 0.25) is 5.15 Å². The average Bonchev–Trinajstić information content (AvgIpc) is 3.04. The van der Waals surface area contributed by atoms with Gasteiger partial charge in [-0.05, 0) is 5.56 Å². The van der Waals surface area contributed by atoms with Gasteiger partial charge in [0.25, 0.3) is 0 Å². The van der Waals surface area contributed by atoms with Gasteiger partial charge in [-0.2, -0.15) is 0 Å². The molecule has 2 aliphatic rings. The number of aromatic nitrogens is 1. The summed E-state index contributed by atoms with van der Waals surface area (Å²) in [4.78, 5) is 4.55. The third kappa shape index (κ3) is 2.82. The fraction of sp³-hybridized carbons (Fsp3) is 0.389. The van der Waals surface area contributed by atoms with Crippen LogP contribution in [0.25, 0.3) is 0 Å². The first-order valence-electron chi connectivity index (χ1n) is 7.85. The molecule has 1 fully saturated rings. The molecule has 1 aromatic heterocycles. The summed E-state index contributed by atoms with van der Waals surface area (Å²) in [7, 11) is 0. The summed E-state index contributed by atoms with van der Waals surface area (Å²) in [5.74, 6) is 0.804. The number of benzene rings is 1. The zero-order valence-corrected chi connectivity index (χ0v) is 13.5. The summed E-state index contributed by atoms with van der Waals surface area (Å²) in [5.41, 5.74) is 2.66. The van der Waals surface area contributed by atoms with E-state index in [0.29, 0.717) is 31.6 Å². The van der Waals surface area contributed by atoms with Crippen LogP contribution in [-0.2, 0) is 28.1 Å². The molecule has 0 radical (unpaired) electrons. The zero-order valence-electron chi connectivity index (χ0n) is 12.8. The molecule has 0 N–H and O–H groups in total. The zero-order chi connectivity index (χ0) is 15.7. The van der Waals surface area contributed by atoms with Gasteiger partial charge in [0.05, 0.1) is 18.9 Å². The Kier molecular flexibility index (Phi) is 3.97. The van der Waals surface area contributed by atoms with Crippen molar-refractivity contribution < 1.29 is 14.2 Å². The van der Waals surface area contributed by atoms with E-state index in [1.54, 1.807) is 6.07 Å². The molecule has 0 amide bonds. The minimum absolute atomic E-state index is 0.434. The maximum absolute atomic E-state index is 6.24. The molecule has 23 heavy (non-hydrogen) atoms. The van der Waals surface area contributed by atoms with E-state index in [1.165, 1.54) is 0 Å². The standard InChI is InChI=1S/C18H18ClNO3/c19-16-10-15(22-11-13-4-2-1-3-5-13)14-6-8-23-18(17(14)20-16)7-9-21-12-18/h1-5,10H,6-9,11-12H2. The van der Waals surface area contributed by atoms with E-state index in [4.69, 9.17) is 25.8 Å². The van der Waals surface area contributed by atoms with Gasteiger partial charge < -0.3 is 14.2 Å². The van der Waals surface area contributed by atoms with Crippen LogP contribution in [0.4, 0.5) is 0 Å². The topological polar surface area (TPSA) is 40.6 Å². The monoisotopic (exact) mass is 331 g/mol. The molecule has 1 unspecified atom stereocenters. The summed E-state index contributed by atoms with van der Waals surface area (Å²) in [6.07, 6.45) is 1.59. The number of hydrogen-bond donors (Lipinski definition) is 0. The fourth-order valence-electron chi connectivity index (χ4n) is 3.26. The Balaban J connectivity index is 1.67. The van der Waals surface area contributed by atoms with Crippen LogP contribution >= 0.6 is 11.6 Å². The van der Waals surface area contributed by atoms with Crippen molar-refractivity contribution in [1.29, 1.82) is 0 Å². The van der Waals surface area contributed by atoms with Gasteiger partial charge in [0, 0.05) is 31.1 Å². The second kappa shape index (κ2) is 6.11. The SMILES string of the molecule is Clc1cc(OCc2ccccc2)c2c(n1)C1(CCOC1)OCC2. The third-order valence-corrected chi connectivity index (χ3v) is 4.63. The molecule has 120 valence electrons. The summed E-state index contributed by atoms with van der Waals surface area (Å²) in [6, 6.07) is 11.9. The van der Waals surface area contributed by atoms with Crippen molar-refractivity contribution in [2.45, 2.75) is 25.0 Å². The first-order chi connectivity index (χ1) is 11.3. The van der Waals surface area contributed by atoms with Crippen LogP contribution in [0.3, 0.4) is 0 Å². The summed E-state index contributed by atoms with van der Waals surface area (Å²) < 4.78 is 17.6. The molecule has 0 saturated carbocycles. The molecule has 2 aromatic rings. The van der Waals surface area contributed by atoms with Crippen molar-refractivity contribution in [3.63, 3.8) is 0 Å². The van der Waals surface area contributed by atoms with E-state index in [2.05, 4.69) is 4.98 Å². The second-order valence-electron chi connectivity index (χ2n) is 5.94. The molecule has 1 aromatic carbocycles.